The Morgan fingerprint density at radius 3 is 2.83 bits per heavy atom. The second-order valence-electron chi connectivity index (χ2n) is 3.94. The summed E-state index contributed by atoms with van der Waals surface area (Å²) in [6, 6.07) is 7.66. The fourth-order valence-corrected chi connectivity index (χ4v) is 1.69. The Balaban J connectivity index is 2.19. The molecule has 0 saturated heterocycles. The molecule has 0 aliphatic heterocycles. The number of amides is 1. The summed E-state index contributed by atoms with van der Waals surface area (Å²) in [5.41, 5.74) is 2.27. The van der Waals surface area contributed by atoms with E-state index >= 15 is 0 Å². The second kappa shape index (κ2) is 5.46. The summed E-state index contributed by atoms with van der Waals surface area (Å²) in [6.07, 6.45) is 1.42. The number of hydrogen-bond acceptors (Lipinski definition) is 4. The molecule has 1 amide bonds. The standard InChI is InChI=1S/C13H15N3O2/c1-9-11(8-15-18-9)13(17)16-12-6-4-3-5-10(12)7-14-2/h3-6,8,14H,7H2,1-2H3,(H,16,17). The van der Waals surface area contributed by atoms with Crippen molar-refractivity contribution in [3.05, 3.63) is 47.3 Å². The van der Waals surface area contributed by atoms with E-state index in [-0.39, 0.29) is 5.91 Å². The highest BCUT2D eigenvalue weighted by Crippen LogP contribution is 2.16. The van der Waals surface area contributed by atoms with Crippen LogP contribution < -0.4 is 10.6 Å². The molecule has 2 rings (SSSR count). The molecule has 5 heteroatoms. The monoisotopic (exact) mass is 245 g/mol. The summed E-state index contributed by atoms with van der Waals surface area (Å²) in [4.78, 5) is 12.0. The molecule has 0 aliphatic carbocycles. The molecule has 0 unspecified atom stereocenters. The van der Waals surface area contributed by atoms with Gasteiger partial charge in [-0.2, -0.15) is 0 Å². The van der Waals surface area contributed by atoms with Crippen molar-refractivity contribution in [2.45, 2.75) is 13.5 Å². The van der Waals surface area contributed by atoms with Gasteiger partial charge >= 0.3 is 0 Å². The predicted octanol–water partition coefficient (Wildman–Crippen LogP) is 1.95. The average Bonchev–Trinajstić information content (AvgIpc) is 2.78. The van der Waals surface area contributed by atoms with Crippen LogP contribution in [0, 0.1) is 6.92 Å². The van der Waals surface area contributed by atoms with Gasteiger partial charge in [0.15, 0.2) is 0 Å². The molecule has 18 heavy (non-hydrogen) atoms. The number of nitrogens with zero attached hydrogens (tertiary/aromatic N) is 1. The first kappa shape index (κ1) is 12.3. The minimum atomic E-state index is -0.211. The van der Waals surface area contributed by atoms with Crippen LogP contribution in [0.2, 0.25) is 0 Å². The van der Waals surface area contributed by atoms with Gasteiger partial charge in [0.25, 0.3) is 5.91 Å². The molecule has 5 nitrogen and oxygen atoms in total. The summed E-state index contributed by atoms with van der Waals surface area (Å²) in [5.74, 6) is 0.302. The van der Waals surface area contributed by atoms with Crippen molar-refractivity contribution < 1.29 is 9.32 Å². The van der Waals surface area contributed by atoms with Crippen molar-refractivity contribution in [2.24, 2.45) is 0 Å². The van der Waals surface area contributed by atoms with Crippen LogP contribution in [-0.2, 0) is 6.54 Å². The number of carbonyl (C=O) groups excluding carboxylic acids is 1. The minimum Gasteiger partial charge on any atom is -0.361 e. The molecular weight excluding hydrogens is 230 g/mol. The number of hydrogen-bond donors (Lipinski definition) is 2. The lowest BCUT2D eigenvalue weighted by Crippen LogP contribution is -2.15. The average molecular weight is 245 g/mol. The number of carbonyl (C=O) groups is 1. The molecule has 1 heterocycles. The normalized spacial score (nSPS) is 10.3. The third-order valence-electron chi connectivity index (χ3n) is 2.63. The highest BCUT2D eigenvalue weighted by molar-refractivity contribution is 6.05. The molecule has 0 radical (unpaired) electrons. The molecule has 1 aromatic carbocycles. The van der Waals surface area contributed by atoms with Crippen molar-refractivity contribution in [3.63, 3.8) is 0 Å². The first-order valence-corrected chi connectivity index (χ1v) is 5.67. The topological polar surface area (TPSA) is 67.2 Å². The Morgan fingerprint density at radius 1 is 1.39 bits per heavy atom. The van der Waals surface area contributed by atoms with Gasteiger partial charge in [-0.15, -0.1) is 0 Å². The Bertz CT molecular complexity index is 549. The molecule has 2 aromatic rings. The van der Waals surface area contributed by atoms with Crippen molar-refractivity contribution in [1.82, 2.24) is 10.5 Å². The largest absolute Gasteiger partial charge is 0.361 e. The lowest BCUT2D eigenvalue weighted by atomic mass is 10.1. The number of para-hydroxylation sites is 1. The van der Waals surface area contributed by atoms with Gasteiger partial charge in [0, 0.05) is 12.2 Å². The zero-order valence-corrected chi connectivity index (χ0v) is 10.4. The SMILES string of the molecule is CNCc1ccccc1NC(=O)c1cnoc1C. The van der Waals surface area contributed by atoms with Crippen LogP contribution in [0.5, 0.6) is 0 Å². The molecule has 0 spiro atoms. The fourth-order valence-electron chi connectivity index (χ4n) is 1.69. The zero-order valence-electron chi connectivity index (χ0n) is 10.4. The number of rotatable bonds is 4. The maximum atomic E-state index is 12.0. The molecule has 0 bridgehead atoms. The van der Waals surface area contributed by atoms with E-state index in [0.717, 1.165) is 11.3 Å². The molecule has 0 aliphatic rings. The molecule has 1 aromatic heterocycles. The van der Waals surface area contributed by atoms with E-state index in [1.807, 2.05) is 31.3 Å². The van der Waals surface area contributed by atoms with Crippen molar-refractivity contribution in [2.75, 3.05) is 12.4 Å². The molecule has 2 N–H and O–H groups in total. The maximum Gasteiger partial charge on any atom is 0.260 e. The van der Waals surface area contributed by atoms with Crippen LogP contribution in [0.1, 0.15) is 21.7 Å². The molecule has 0 atom stereocenters. The van der Waals surface area contributed by atoms with Gasteiger partial charge in [0.1, 0.15) is 11.3 Å². The number of nitrogens with one attached hydrogen (secondary N) is 2. The number of anilines is 1. The molecule has 94 valence electrons. The van der Waals surface area contributed by atoms with E-state index in [1.54, 1.807) is 6.92 Å². The van der Waals surface area contributed by atoms with E-state index < -0.39 is 0 Å². The van der Waals surface area contributed by atoms with Crippen LogP contribution in [0.4, 0.5) is 5.69 Å². The maximum absolute atomic E-state index is 12.0. The highest BCUT2D eigenvalue weighted by atomic mass is 16.5. The predicted molar refractivity (Wildman–Crippen MR) is 68.4 cm³/mol. The summed E-state index contributed by atoms with van der Waals surface area (Å²) >= 11 is 0. The summed E-state index contributed by atoms with van der Waals surface area (Å²) in [6.45, 7) is 2.40. The van der Waals surface area contributed by atoms with E-state index in [4.69, 9.17) is 4.52 Å². The lowest BCUT2D eigenvalue weighted by Gasteiger charge is -2.09. The first-order valence-electron chi connectivity index (χ1n) is 5.67. The third-order valence-corrected chi connectivity index (χ3v) is 2.63. The number of aryl methyl sites for hydroxylation is 1. The van der Waals surface area contributed by atoms with E-state index in [0.29, 0.717) is 17.9 Å². The van der Waals surface area contributed by atoms with Crippen LogP contribution in [0.25, 0.3) is 0 Å². The minimum absolute atomic E-state index is 0.211. The summed E-state index contributed by atoms with van der Waals surface area (Å²) < 4.78 is 4.88. The summed E-state index contributed by atoms with van der Waals surface area (Å²) in [5, 5.41) is 9.52. The second-order valence-corrected chi connectivity index (χ2v) is 3.94. The zero-order chi connectivity index (χ0) is 13.0. The number of benzene rings is 1. The fraction of sp³-hybridized carbons (Fsp3) is 0.231. The van der Waals surface area contributed by atoms with Gasteiger partial charge in [0.2, 0.25) is 0 Å². The van der Waals surface area contributed by atoms with Crippen LogP contribution in [0.3, 0.4) is 0 Å². The van der Waals surface area contributed by atoms with Gasteiger partial charge in [-0.3, -0.25) is 4.79 Å². The third kappa shape index (κ3) is 2.57. The van der Waals surface area contributed by atoms with Crippen LogP contribution in [0.15, 0.2) is 35.0 Å². The molecule has 0 fully saturated rings. The number of aromatic nitrogens is 1. The quantitative estimate of drug-likeness (QED) is 0.864. The Hall–Kier alpha value is -2.14. The van der Waals surface area contributed by atoms with Gasteiger partial charge in [0.05, 0.1) is 6.20 Å². The summed E-state index contributed by atoms with van der Waals surface area (Å²) in [7, 11) is 1.86. The van der Waals surface area contributed by atoms with Gasteiger partial charge < -0.3 is 15.2 Å². The Morgan fingerprint density at radius 2 is 2.17 bits per heavy atom. The van der Waals surface area contributed by atoms with Crippen LogP contribution >= 0.6 is 0 Å². The van der Waals surface area contributed by atoms with E-state index in [9.17, 15) is 4.79 Å². The van der Waals surface area contributed by atoms with Gasteiger partial charge in [-0.05, 0) is 25.6 Å². The van der Waals surface area contributed by atoms with Gasteiger partial charge in [-0.1, -0.05) is 23.4 Å². The Labute approximate surface area is 105 Å². The smallest absolute Gasteiger partial charge is 0.260 e. The molecular formula is C13H15N3O2. The van der Waals surface area contributed by atoms with Crippen molar-refractivity contribution in [1.29, 1.82) is 0 Å². The highest BCUT2D eigenvalue weighted by Gasteiger charge is 2.14. The van der Waals surface area contributed by atoms with Crippen LogP contribution in [-0.4, -0.2) is 18.1 Å². The van der Waals surface area contributed by atoms with Gasteiger partial charge in [-0.25, -0.2) is 0 Å². The first-order chi connectivity index (χ1) is 8.72. The van der Waals surface area contributed by atoms with Crippen molar-refractivity contribution in [3.8, 4) is 0 Å². The van der Waals surface area contributed by atoms with E-state index in [1.165, 1.54) is 6.20 Å². The Kier molecular flexibility index (Phi) is 3.74. The molecule has 0 saturated carbocycles. The lowest BCUT2D eigenvalue weighted by molar-refractivity contribution is 0.102. The van der Waals surface area contributed by atoms with E-state index in [2.05, 4.69) is 15.8 Å². The van der Waals surface area contributed by atoms with Crippen molar-refractivity contribution >= 4 is 11.6 Å².